The molecule has 2 rings (SSSR count). The number of carbonyl (C=O) groups is 1. The second-order valence-corrected chi connectivity index (χ2v) is 4.33. The number of aldehydes is 1. The summed E-state index contributed by atoms with van der Waals surface area (Å²) in [6.07, 6.45) is 0.728. The van der Waals surface area contributed by atoms with Crippen LogP contribution in [0.1, 0.15) is 10.4 Å². The third-order valence-electron chi connectivity index (χ3n) is 2.24. The maximum atomic E-state index is 10.6. The van der Waals surface area contributed by atoms with Crippen LogP contribution in [0.3, 0.4) is 0 Å². The third kappa shape index (κ3) is 2.99. The quantitative estimate of drug-likeness (QED) is 0.825. The molecule has 2 aromatic rings. The smallest absolute Gasteiger partial charge is 0.151 e. The van der Waals surface area contributed by atoms with E-state index in [0.29, 0.717) is 15.6 Å². The second-order valence-electron chi connectivity index (χ2n) is 3.49. The molecule has 0 aliphatic heterocycles. The predicted octanol–water partition coefficient (Wildman–Crippen LogP) is 4.55. The van der Waals surface area contributed by atoms with Crippen molar-refractivity contribution in [1.29, 1.82) is 0 Å². The van der Waals surface area contributed by atoms with E-state index in [9.17, 15) is 4.79 Å². The number of hydrogen-bond acceptors (Lipinski definition) is 2. The molecule has 0 atom stereocenters. The number of rotatable bonds is 3. The molecule has 2 nitrogen and oxygen atoms in total. The van der Waals surface area contributed by atoms with Crippen LogP contribution in [0.15, 0.2) is 42.5 Å². The minimum absolute atomic E-state index is 0.423. The number of hydrogen-bond donors (Lipinski definition) is 1. The van der Waals surface area contributed by atoms with E-state index < -0.39 is 0 Å². The van der Waals surface area contributed by atoms with E-state index in [0.717, 1.165) is 17.7 Å². The molecule has 0 aromatic heterocycles. The number of carbonyl (C=O) groups excluding carboxylic acids is 1. The molecule has 0 unspecified atom stereocenters. The fraction of sp³-hybridized carbons (Fsp3) is 0. The van der Waals surface area contributed by atoms with Crippen LogP contribution in [-0.2, 0) is 0 Å². The zero-order valence-electron chi connectivity index (χ0n) is 8.78. The maximum absolute atomic E-state index is 10.6. The Morgan fingerprint density at radius 3 is 2.41 bits per heavy atom. The molecule has 0 aliphatic carbocycles. The zero-order valence-corrected chi connectivity index (χ0v) is 10.3. The molecule has 4 heteroatoms. The summed E-state index contributed by atoms with van der Waals surface area (Å²) < 4.78 is 0. The summed E-state index contributed by atoms with van der Waals surface area (Å²) in [6, 6.07) is 12.5. The molecule has 0 saturated carbocycles. The number of anilines is 2. The molecule has 1 N–H and O–H groups in total. The van der Waals surface area contributed by atoms with Gasteiger partial charge in [0.15, 0.2) is 6.29 Å². The van der Waals surface area contributed by atoms with Crippen LogP contribution in [0.2, 0.25) is 10.0 Å². The van der Waals surface area contributed by atoms with E-state index in [1.165, 1.54) is 0 Å². The van der Waals surface area contributed by atoms with E-state index in [1.54, 1.807) is 24.3 Å². The SMILES string of the molecule is O=Cc1ccc(Nc2cccc(Cl)c2)cc1Cl. The van der Waals surface area contributed by atoms with E-state index >= 15 is 0 Å². The van der Waals surface area contributed by atoms with Crippen LogP contribution in [0.25, 0.3) is 0 Å². The Morgan fingerprint density at radius 1 is 1.00 bits per heavy atom. The highest BCUT2D eigenvalue weighted by atomic mass is 35.5. The molecule has 0 aliphatic rings. The van der Waals surface area contributed by atoms with Crippen LogP contribution < -0.4 is 5.32 Å². The average molecular weight is 266 g/mol. The summed E-state index contributed by atoms with van der Waals surface area (Å²) in [5.74, 6) is 0. The van der Waals surface area contributed by atoms with E-state index in [4.69, 9.17) is 23.2 Å². The van der Waals surface area contributed by atoms with Crippen LogP contribution >= 0.6 is 23.2 Å². The van der Waals surface area contributed by atoms with E-state index in [2.05, 4.69) is 5.32 Å². The Labute approximate surface area is 109 Å². The van der Waals surface area contributed by atoms with Crippen molar-refractivity contribution in [2.24, 2.45) is 0 Å². The number of nitrogens with one attached hydrogen (secondary N) is 1. The number of halogens is 2. The van der Waals surface area contributed by atoms with Gasteiger partial charge in [0.1, 0.15) is 0 Å². The van der Waals surface area contributed by atoms with E-state index in [-0.39, 0.29) is 0 Å². The Morgan fingerprint density at radius 2 is 1.76 bits per heavy atom. The van der Waals surface area contributed by atoms with Gasteiger partial charge in [-0.25, -0.2) is 0 Å². The minimum atomic E-state index is 0.423. The summed E-state index contributed by atoms with van der Waals surface area (Å²) in [4.78, 5) is 10.6. The van der Waals surface area contributed by atoms with Crippen molar-refractivity contribution in [3.05, 3.63) is 58.1 Å². The third-order valence-corrected chi connectivity index (χ3v) is 2.80. The zero-order chi connectivity index (χ0) is 12.3. The van der Waals surface area contributed by atoms with Crippen molar-refractivity contribution >= 4 is 40.9 Å². The van der Waals surface area contributed by atoms with Crippen molar-refractivity contribution in [3.63, 3.8) is 0 Å². The molecule has 17 heavy (non-hydrogen) atoms. The van der Waals surface area contributed by atoms with Crippen molar-refractivity contribution in [2.45, 2.75) is 0 Å². The van der Waals surface area contributed by atoms with Gasteiger partial charge in [0.2, 0.25) is 0 Å². The fourth-order valence-electron chi connectivity index (χ4n) is 1.43. The highest BCUT2D eigenvalue weighted by Crippen LogP contribution is 2.24. The van der Waals surface area contributed by atoms with Crippen LogP contribution in [0.4, 0.5) is 11.4 Å². The summed E-state index contributed by atoms with van der Waals surface area (Å²) in [6.45, 7) is 0. The van der Waals surface area contributed by atoms with Gasteiger partial charge in [-0.05, 0) is 36.4 Å². The second kappa shape index (κ2) is 5.21. The first kappa shape index (κ1) is 12.0. The largest absolute Gasteiger partial charge is 0.355 e. The van der Waals surface area contributed by atoms with Gasteiger partial charge in [0.05, 0.1) is 5.02 Å². The van der Waals surface area contributed by atoms with Gasteiger partial charge in [-0.15, -0.1) is 0 Å². The van der Waals surface area contributed by atoms with E-state index in [1.807, 2.05) is 18.2 Å². The minimum Gasteiger partial charge on any atom is -0.355 e. The highest BCUT2D eigenvalue weighted by Gasteiger charge is 2.01. The lowest BCUT2D eigenvalue weighted by atomic mass is 10.2. The standard InChI is InChI=1S/C13H9Cl2NO/c14-10-2-1-3-11(6-10)16-12-5-4-9(8-17)13(15)7-12/h1-8,16H. The Kier molecular flexibility index (Phi) is 3.67. The molecule has 86 valence electrons. The van der Waals surface area contributed by atoms with Gasteiger partial charge in [-0.3, -0.25) is 4.79 Å². The average Bonchev–Trinajstić information content (AvgIpc) is 2.29. The van der Waals surface area contributed by atoms with Gasteiger partial charge in [-0.1, -0.05) is 29.3 Å². The van der Waals surface area contributed by atoms with Crippen molar-refractivity contribution in [1.82, 2.24) is 0 Å². The lowest BCUT2D eigenvalue weighted by Gasteiger charge is -2.07. The Hall–Kier alpha value is -1.51. The lowest BCUT2D eigenvalue weighted by Crippen LogP contribution is -1.91. The Bertz CT molecular complexity index is 555. The molecule has 0 radical (unpaired) electrons. The molecule has 0 spiro atoms. The first-order valence-electron chi connectivity index (χ1n) is 4.96. The molecule has 2 aromatic carbocycles. The van der Waals surface area contributed by atoms with Crippen LogP contribution in [-0.4, -0.2) is 6.29 Å². The molecule has 0 heterocycles. The van der Waals surface area contributed by atoms with Gasteiger partial charge in [0.25, 0.3) is 0 Å². The lowest BCUT2D eigenvalue weighted by molar-refractivity contribution is 0.112. The van der Waals surface area contributed by atoms with Gasteiger partial charge in [0, 0.05) is 22.0 Å². The first-order chi connectivity index (χ1) is 8.19. The monoisotopic (exact) mass is 265 g/mol. The van der Waals surface area contributed by atoms with Crippen LogP contribution in [0, 0.1) is 0 Å². The predicted molar refractivity (Wildman–Crippen MR) is 71.6 cm³/mol. The van der Waals surface area contributed by atoms with Crippen molar-refractivity contribution in [2.75, 3.05) is 5.32 Å². The van der Waals surface area contributed by atoms with Crippen molar-refractivity contribution in [3.8, 4) is 0 Å². The highest BCUT2D eigenvalue weighted by molar-refractivity contribution is 6.33. The summed E-state index contributed by atoms with van der Waals surface area (Å²) in [5, 5.41) is 4.23. The van der Waals surface area contributed by atoms with Gasteiger partial charge >= 0.3 is 0 Å². The molecule has 0 amide bonds. The normalized spacial score (nSPS) is 10.0. The molecule has 0 saturated heterocycles. The number of benzene rings is 2. The topological polar surface area (TPSA) is 29.1 Å². The Balaban J connectivity index is 2.24. The van der Waals surface area contributed by atoms with Crippen LogP contribution in [0.5, 0.6) is 0 Å². The van der Waals surface area contributed by atoms with Gasteiger partial charge < -0.3 is 5.32 Å². The summed E-state index contributed by atoms with van der Waals surface area (Å²) in [7, 11) is 0. The summed E-state index contributed by atoms with van der Waals surface area (Å²) >= 11 is 11.8. The maximum Gasteiger partial charge on any atom is 0.151 e. The summed E-state index contributed by atoms with van der Waals surface area (Å²) in [5.41, 5.74) is 2.15. The van der Waals surface area contributed by atoms with Gasteiger partial charge in [-0.2, -0.15) is 0 Å². The molecule has 0 bridgehead atoms. The molecular formula is C13H9Cl2NO. The fourth-order valence-corrected chi connectivity index (χ4v) is 1.85. The molecule has 0 fully saturated rings. The molecular weight excluding hydrogens is 257 g/mol. The van der Waals surface area contributed by atoms with Crippen molar-refractivity contribution < 1.29 is 4.79 Å². The first-order valence-corrected chi connectivity index (χ1v) is 5.72.